The lowest BCUT2D eigenvalue weighted by Gasteiger charge is -2.25. The summed E-state index contributed by atoms with van der Waals surface area (Å²) in [7, 11) is -5.00. The van der Waals surface area contributed by atoms with Crippen LogP contribution in [-0.2, 0) is 9.53 Å². The summed E-state index contributed by atoms with van der Waals surface area (Å²) in [6, 6.07) is 0. The zero-order valence-corrected chi connectivity index (χ0v) is 11.4. The molecule has 9 heteroatoms. The normalized spacial score (nSPS) is 12.3. The Bertz CT molecular complexity index is 405. The molecule has 0 bridgehead atoms. The van der Waals surface area contributed by atoms with Crippen molar-refractivity contribution >= 4 is 30.8 Å². The molecule has 0 aromatic carbocycles. The standard InChI is InChI=1S/C10H14O8Si/c1-4-6(18-7(11)5(2)3)19(8(12)13,9(14)15)10(16)17/h6H,2,4H2,1,3H3,(H,12,13)(H,14,15)(H,16,17). The molecule has 3 N–H and O–H groups in total. The summed E-state index contributed by atoms with van der Waals surface area (Å²) >= 11 is 0. The van der Waals surface area contributed by atoms with Gasteiger partial charge in [-0.2, -0.15) is 0 Å². The molecule has 0 spiro atoms. The van der Waals surface area contributed by atoms with E-state index in [4.69, 9.17) is 20.1 Å². The zero-order chi connectivity index (χ0) is 15.4. The van der Waals surface area contributed by atoms with E-state index in [1.165, 1.54) is 13.8 Å². The molecule has 0 rings (SSSR count). The van der Waals surface area contributed by atoms with Crippen LogP contribution in [0.15, 0.2) is 12.2 Å². The van der Waals surface area contributed by atoms with Crippen LogP contribution in [0.25, 0.3) is 0 Å². The minimum absolute atomic E-state index is 0.0810. The lowest BCUT2D eigenvalue weighted by molar-refractivity contribution is -0.141. The molecule has 106 valence electrons. The highest BCUT2D eigenvalue weighted by molar-refractivity contribution is 7.39. The second kappa shape index (κ2) is 6.14. The lowest BCUT2D eigenvalue weighted by atomic mass is 10.4. The van der Waals surface area contributed by atoms with Crippen LogP contribution in [0.1, 0.15) is 20.3 Å². The van der Waals surface area contributed by atoms with Gasteiger partial charge in [-0.1, -0.05) is 13.5 Å². The van der Waals surface area contributed by atoms with E-state index in [9.17, 15) is 19.2 Å². The molecular formula is C10H14O8Si. The molecule has 1 unspecified atom stereocenters. The van der Waals surface area contributed by atoms with Gasteiger partial charge in [-0.3, -0.25) is 14.4 Å². The van der Waals surface area contributed by atoms with E-state index < -0.39 is 36.5 Å². The summed E-state index contributed by atoms with van der Waals surface area (Å²) in [5.41, 5.74) is -7.73. The Morgan fingerprint density at radius 1 is 1.11 bits per heavy atom. The van der Waals surface area contributed by atoms with Crippen LogP contribution in [0, 0.1) is 0 Å². The number of carbonyl (C=O) groups excluding carboxylic acids is 1. The number of hydrogen-bond donors (Lipinski definition) is 3. The van der Waals surface area contributed by atoms with Crippen molar-refractivity contribution < 1.29 is 39.2 Å². The van der Waals surface area contributed by atoms with E-state index in [-0.39, 0.29) is 12.0 Å². The van der Waals surface area contributed by atoms with Crippen LogP contribution in [0.3, 0.4) is 0 Å². The van der Waals surface area contributed by atoms with Crippen LogP contribution >= 0.6 is 0 Å². The fourth-order valence-electron chi connectivity index (χ4n) is 1.40. The molecule has 0 aliphatic carbocycles. The van der Waals surface area contributed by atoms with Gasteiger partial charge in [0.2, 0.25) is 0 Å². The maximum Gasteiger partial charge on any atom is 0.471 e. The molecule has 0 radical (unpaired) electrons. The number of carbonyl (C=O) groups is 4. The molecule has 1 atom stereocenters. The van der Waals surface area contributed by atoms with E-state index >= 15 is 0 Å². The Hall–Kier alpha value is -2.16. The smallest absolute Gasteiger partial charge is 0.471 e. The van der Waals surface area contributed by atoms with Gasteiger partial charge in [0.15, 0.2) is 0 Å². The predicted molar refractivity (Wildman–Crippen MR) is 64.8 cm³/mol. The van der Waals surface area contributed by atoms with Gasteiger partial charge in [-0.05, 0) is 13.3 Å². The van der Waals surface area contributed by atoms with E-state index in [2.05, 4.69) is 6.58 Å². The third-order valence-corrected chi connectivity index (χ3v) is 5.98. The Morgan fingerprint density at radius 3 is 1.68 bits per heavy atom. The Kier molecular flexibility index (Phi) is 5.44. The average molecular weight is 290 g/mol. The second-order valence-corrected chi connectivity index (χ2v) is 7.35. The SMILES string of the molecule is C=C(C)C(=O)OC(CC)[Si](C(=O)O)(C(=O)O)C(=O)O. The number of carboxylic acid groups (broad SMARTS) is 3. The topological polar surface area (TPSA) is 138 Å². The minimum Gasteiger partial charge on any atom is -0.484 e. The summed E-state index contributed by atoms with van der Waals surface area (Å²) < 4.78 is 4.69. The van der Waals surface area contributed by atoms with Gasteiger partial charge in [-0.15, -0.1) is 0 Å². The highest BCUT2D eigenvalue weighted by Crippen LogP contribution is 2.20. The van der Waals surface area contributed by atoms with E-state index in [0.29, 0.717) is 0 Å². The van der Waals surface area contributed by atoms with Gasteiger partial charge in [0.1, 0.15) is 5.73 Å². The number of esters is 1. The Balaban J connectivity index is 5.75. The largest absolute Gasteiger partial charge is 0.484 e. The van der Waals surface area contributed by atoms with Crippen LogP contribution < -0.4 is 0 Å². The number of ether oxygens (including phenoxy) is 1. The van der Waals surface area contributed by atoms with Crippen LogP contribution in [0.4, 0.5) is 14.4 Å². The van der Waals surface area contributed by atoms with Gasteiger partial charge in [-0.25, -0.2) is 4.79 Å². The highest BCUT2D eigenvalue weighted by Gasteiger charge is 2.67. The van der Waals surface area contributed by atoms with Crippen molar-refractivity contribution in [3.63, 3.8) is 0 Å². The first-order valence-electron chi connectivity index (χ1n) is 5.18. The van der Waals surface area contributed by atoms with Gasteiger partial charge in [0, 0.05) is 5.57 Å². The molecule has 0 amide bonds. The molecule has 0 aromatic heterocycles. The van der Waals surface area contributed by atoms with Crippen LogP contribution in [-0.4, -0.2) is 51.9 Å². The van der Waals surface area contributed by atoms with E-state index in [1.54, 1.807) is 0 Å². The summed E-state index contributed by atoms with van der Waals surface area (Å²) in [6.07, 6.45) is -0.240. The van der Waals surface area contributed by atoms with Crippen LogP contribution in [0.2, 0.25) is 0 Å². The first-order valence-corrected chi connectivity index (χ1v) is 7.26. The maximum atomic E-state index is 11.3. The van der Waals surface area contributed by atoms with Crippen molar-refractivity contribution in [3.05, 3.63) is 12.2 Å². The second-order valence-electron chi connectivity index (χ2n) is 3.81. The molecule has 0 fully saturated rings. The number of hydrogen-bond acceptors (Lipinski definition) is 5. The predicted octanol–water partition coefficient (Wildman–Crippen LogP) is 1.65. The fraction of sp³-hybridized carbons (Fsp3) is 0.400. The summed E-state index contributed by atoms with van der Waals surface area (Å²) in [6.45, 7) is 5.88. The first-order chi connectivity index (χ1) is 8.62. The molecule has 0 aliphatic heterocycles. The maximum absolute atomic E-state index is 11.3. The zero-order valence-electron chi connectivity index (χ0n) is 10.4. The third-order valence-electron chi connectivity index (χ3n) is 2.46. The molecular weight excluding hydrogens is 276 g/mol. The van der Waals surface area contributed by atoms with Crippen molar-refractivity contribution in [2.24, 2.45) is 0 Å². The summed E-state index contributed by atoms with van der Waals surface area (Å²) in [5.74, 6) is -1.02. The minimum atomic E-state index is -5.00. The Morgan fingerprint density at radius 2 is 1.47 bits per heavy atom. The van der Waals surface area contributed by atoms with Gasteiger partial charge >= 0.3 is 30.8 Å². The third kappa shape index (κ3) is 2.99. The molecule has 0 saturated carbocycles. The quantitative estimate of drug-likeness (QED) is 0.365. The van der Waals surface area contributed by atoms with Crippen molar-refractivity contribution in [2.75, 3.05) is 0 Å². The van der Waals surface area contributed by atoms with E-state index in [0.717, 1.165) is 0 Å². The van der Waals surface area contributed by atoms with Crippen LogP contribution in [0.5, 0.6) is 0 Å². The molecule has 0 saturated heterocycles. The first kappa shape index (κ1) is 16.8. The van der Waals surface area contributed by atoms with Crippen molar-refractivity contribution in [3.8, 4) is 0 Å². The summed E-state index contributed by atoms with van der Waals surface area (Å²) in [5, 5.41) is 27.0. The van der Waals surface area contributed by atoms with Gasteiger partial charge in [0.25, 0.3) is 0 Å². The van der Waals surface area contributed by atoms with Crippen molar-refractivity contribution in [1.29, 1.82) is 0 Å². The molecule has 0 heterocycles. The monoisotopic (exact) mass is 290 g/mol. The molecule has 0 aliphatic rings. The van der Waals surface area contributed by atoms with E-state index in [1.807, 2.05) is 0 Å². The number of rotatable bonds is 7. The van der Waals surface area contributed by atoms with Crippen molar-refractivity contribution in [1.82, 2.24) is 0 Å². The molecule has 19 heavy (non-hydrogen) atoms. The lowest BCUT2D eigenvalue weighted by Crippen LogP contribution is -2.67. The fourth-order valence-corrected chi connectivity index (χ4v) is 3.67. The summed E-state index contributed by atoms with van der Waals surface area (Å²) in [4.78, 5) is 44.8. The highest BCUT2D eigenvalue weighted by atomic mass is 28.3. The van der Waals surface area contributed by atoms with Gasteiger partial charge in [0.05, 0.1) is 0 Å². The Labute approximate surface area is 109 Å². The molecule has 8 nitrogen and oxygen atoms in total. The average Bonchev–Trinajstić information content (AvgIpc) is 2.26. The van der Waals surface area contributed by atoms with Crippen molar-refractivity contribution in [2.45, 2.75) is 26.0 Å². The molecule has 0 aromatic rings. The van der Waals surface area contributed by atoms with Gasteiger partial charge < -0.3 is 20.1 Å².